The van der Waals surface area contributed by atoms with E-state index in [9.17, 15) is 0 Å². The average Bonchev–Trinajstić information content (AvgIpc) is 2.61. The monoisotopic (exact) mass is 214 g/mol. The van der Waals surface area contributed by atoms with Crippen molar-refractivity contribution in [2.24, 2.45) is 0 Å². The van der Waals surface area contributed by atoms with E-state index in [1.54, 1.807) is 0 Å². The van der Waals surface area contributed by atoms with Crippen LogP contribution in [0.15, 0.2) is 24.4 Å². The summed E-state index contributed by atoms with van der Waals surface area (Å²) in [6.07, 6.45) is 1.83. The standard InChI is InChI=1S/C12H14N2Si/c1-15(2,3)8-7-10-5-4-6-11-9-13-14-12(10)11/h4-6,9H,1-3H3,(H,13,14). The number of H-pyrrole nitrogens is 1. The number of hydrogen-bond donors (Lipinski definition) is 1. The Kier molecular flexibility index (Phi) is 2.37. The van der Waals surface area contributed by atoms with Crippen LogP contribution in [0, 0.1) is 11.5 Å². The fourth-order valence-electron chi connectivity index (χ4n) is 1.33. The molecule has 0 fully saturated rings. The molecule has 0 amide bonds. The third-order valence-corrected chi connectivity index (χ3v) is 2.92. The molecular weight excluding hydrogens is 200 g/mol. The summed E-state index contributed by atoms with van der Waals surface area (Å²) in [5, 5.41) is 8.13. The maximum atomic E-state index is 4.02. The molecule has 2 rings (SSSR count). The van der Waals surface area contributed by atoms with Gasteiger partial charge in [0.25, 0.3) is 0 Å². The molecule has 0 saturated heterocycles. The van der Waals surface area contributed by atoms with Gasteiger partial charge >= 0.3 is 0 Å². The van der Waals surface area contributed by atoms with Crippen molar-refractivity contribution in [3.8, 4) is 11.5 Å². The van der Waals surface area contributed by atoms with Crippen molar-refractivity contribution < 1.29 is 0 Å². The lowest BCUT2D eigenvalue weighted by Gasteiger charge is -2.03. The molecule has 0 atom stereocenters. The van der Waals surface area contributed by atoms with Crippen molar-refractivity contribution in [1.29, 1.82) is 0 Å². The lowest BCUT2D eigenvalue weighted by molar-refractivity contribution is 1.12. The predicted molar refractivity (Wildman–Crippen MR) is 66.3 cm³/mol. The van der Waals surface area contributed by atoms with Crippen LogP contribution in [0.3, 0.4) is 0 Å². The second kappa shape index (κ2) is 3.56. The number of hydrogen-bond acceptors (Lipinski definition) is 1. The van der Waals surface area contributed by atoms with E-state index in [2.05, 4.69) is 41.3 Å². The van der Waals surface area contributed by atoms with Gasteiger partial charge in [-0.3, -0.25) is 5.10 Å². The quantitative estimate of drug-likeness (QED) is 0.530. The summed E-state index contributed by atoms with van der Waals surface area (Å²) < 4.78 is 0. The summed E-state index contributed by atoms with van der Waals surface area (Å²) in [6, 6.07) is 6.10. The van der Waals surface area contributed by atoms with Gasteiger partial charge in [-0.05, 0) is 6.07 Å². The number of para-hydroxylation sites is 1. The lowest BCUT2D eigenvalue weighted by atomic mass is 10.1. The average molecular weight is 214 g/mol. The summed E-state index contributed by atoms with van der Waals surface area (Å²) >= 11 is 0. The Labute approximate surface area is 90.7 Å². The Morgan fingerprint density at radius 2 is 2.07 bits per heavy atom. The smallest absolute Gasteiger partial charge is 0.129 e. The van der Waals surface area contributed by atoms with Gasteiger partial charge in [-0.2, -0.15) is 5.10 Å². The van der Waals surface area contributed by atoms with E-state index in [4.69, 9.17) is 0 Å². The summed E-state index contributed by atoms with van der Waals surface area (Å²) in [5.41, 5.74) is 5.45. The van der Waals surface area contributed by atoms with E-state index in [-0.39, 0.29) is 0 Å². The molecule has 0 radical (unpaired) electrons. The van der Waals surface area contributed by atoms with Gasteiger partial charge in [-0.25, -0.2) is 0 Å². The Morgan fingerprint density at radius 3 is 2.80 bits per heavy atom. The molecule has 2 aromatic rings. The van der Waals surface area contributed by atoms with Crippen LogP contribution in [0.2, 0.25) is 19.6 Å². The molecular formula is C12H14N2Si. The summed E-state index contributed by atoms with van der Waals surface area (Å²) in [5.74, 6) is 3.25. The summed E-state index contributed by atoms with van der Waals surface area (Å²) in [7, 11) is -1.30. The largest absolute Gasteiger partial charge is 0.277 e. The number of fused-ring (bicyclic) bond motifs is 1. The molecule has 76 valence electrons. The maximum absolute atomic E-state index is 4.02. The normalized spacial score (nSPS) is 11.1. The zero-order chi connectivity index (χ0) is 10.9. The summed E-state index contributed by atoms with van der Waals surface area (Å²) in [4.78, 5) is 0. The Hall–Kier alpha value is -1.53. The predicted octanol–water partition coefficient (Wildman–Crippen LogP) is 2.79. The lowest BCUT2D eigenvalue weighted by Crippen LogP contribution is -2.16. The molecule has 0 unspecified atom stereocenters. The number of nitrogens with one attached hydrogen (secondary N) is 1. The van der Waals surface area contributed by atoms with Gasteiger partial charge in [0, 0.05) is 10.9 Å². The van der Waals surface area contributed by atoms with Crippen LogP contribution in [0.5, 0.6) is 0 Å². The van der Waals surface area contributed by atoms with E-state index in [1.165, 1.54) is 0 Å². The molecule has 0 aliphatic rings. The topological polar surface area (TPSA) is 28.7 Å². The van der Waals surface area contributed by atoms with Crippen molar-refractivity contribution in [1.82, 2.24) is 10.2 Å². The highest BCUT2D eigenvalue weighted by Crippen LogP contribution is 2.14. The minimum Gasteiger partial charge on any atom is -0.277 e. The first-order valence-corrected chi connectivity index (χ1v) is 8.51. The molecule has 3 heteroatoms. The number of aromatic nitrogens is 2. The highest BCUT2D eigenvalue weighted by Gasteiger charge is 2.08. The first-order valence-electron chi connectivity index (χ1n) is 5.01. The van der Waals surface area contributed by atoms with Gasteiger partial charge in [0.1, 0.15) is 8.07 Å². The van der Waals surface area contributed by atoms with Crippen LogP contribution < -0.4 is 0 Å². The SMILES string of the molecule is C[Si](C)(C)C#Cc1cccc2cn[nH]c12. The zero-order valence-electron chi connectivity index (χ0n) is 9.26. The van der Waals surface area contributed by atoms with Crippen molar-refractivity contribution in [3.05, 3.63) is 30.0 Å². The Balaban J connectivity index is 2.51. The molecule has 0 aliphatic carbocycles. The second-order valence-electron chi connectivity index (χ2n) is 4.64. The minimum atomic E-state index is -1.30. The fourth-order valence-corrected chi connectivity index (χ4v) is 1.84. The molecule has 0 bridgehead atoms. The van der Waals surface area contributed by atoms with Gasteiger partial charge in [0.2, 0.25) is 0 Å². The van der Waals surface area contributed by atoms with Gasteiger partial charge < -0.3 is 0 Å². The van der Waals surface area contributed by atoms with Crippen molar-refractivity contribution in [3.63, 3.8) is 0 Å². The molecule has 0 aliphatic heterocycles. The minimum absolute atomic E-state index is 1.04. The molecule has 0 saturated carbocycles. The van der Waals surface area contributed by atoms with E-state index in [0.29, 0.717) is 0 Å². The van der Waals surface area contributed by atoms with Crippen molar-refractivity contribution in [2.75, 3.05) is 0 Å². The second-order valence-corrected chi connectivity index (χ2v) is 9.39. The molecule has 1 aromatic carbocycles. The van der Waals surface area contributed by atoms with Crippen LogP contribution >= 0.6 is 0 Å². The third kappa shape index (κ3) is 2.28. The van der Waals surface area contributed by atoms with Gasteiger partial charge in [0.15, 0.2) is 0 Å². The van der Waals surface area contributed by atoms with Crippen LogP contribution in [0.4, 0.5) is 0 Å². The van der Waals surface area contributed by atoms with Crippen LogP contribution in [0.25, 0.3) is 10.9 Å². The van der Waals surface area contributed by atoms with Gasteiger partial charge in [-0.15, -0.1) is 5.54 Å². The summed E-state index contributed by atoms with van der Waals surface area (Å²) in [6.45, 7) is 6.73. The molecule has 1 N–H and O–H groups in total. The number of nitrogens with zero attached hydrogens (tertiary/aromatic N) is 1. The molecule has 1 aromatic heterocycles. The van der Waals surface area contributed by atoms with Crippen LogP contribution in [-0.2, 0) is 0 Å². The van der Waals surface area contributed by atoms with Crippen LogP contribution in [0.1, 0.15) is 5.56 Å². The Morgan fingerprint density at radius 1 is 1.27 bits per heavy atom. The molecule has 2 nitrogen and oxygen atoms in total. The first kappa shape index (κ1) is 10.0. The number of rotatable bonds is 0. The third-order valence-electron chi connectivity index (χ3n) is 2.05. The highest BCUT2D eigenvalue weighted by atomic mass is 28.3. The zero-order valence-corrected chi connectivity index (χ0v) is 10.3. The molecule has 1 heterocycles. The van der Waals surface area contributed by atoms with Crippen LogP contribution in [-0.4, -0.2) is 18.3 Å². The first-order chi connectivity index (χ1) is 7.06. The van der Waals surface area contributed by atoms with E-state index < -0.39 is 8.07 Å². The molecule has 0 spiro atoms. The maximum Gasteiger partial charge on any atom is 0.129 e. The fraction of sp³-hybridized carbons (Fsp3) is 0.250. The van der Waals surface area contributed by atoms with E-state index in [0.717, 1.165) is 16.5 Å². The number of aromatic amines is 1. The van der Waals surface area contributed by atoms with Crippen molar-refractivity contribution in [2.45, 2.75) is 19.6 Å². The number of benzene rings is 1. The van der Waals surface area contributed by atoms with E-state index in [1.807, 2.05) is 24.4 Å². The van der Waals surface area contributed by atoms with Crippen molar-refractivity contribution >= 4 is 19.0 Å². The highest BCUT2D eigenvalue weighted by molar-refractivity contribution is 6.83. The van der Waals surface area contributed by atoms with Gasteiger partial charge in [-0.1, -0.05) is 37.7 Å². The van der Waals surface area contributed by atoms with Gasteiger partial charge in [0.05, 0.1) is 11.7 Å². The Bertz CT molecular complexity index is 538. The van der Waals surface area contributed by atoms with E-state index >= 15 is 0 Å². The molecule has 15 heavy (non-hydrogen) atoms.